The van der Waals surface area contributed by atoms with E-state index in [1.54, 1.807) is 0 Å². The SMILES string of the molecule is C=C1C(=O)C[C@@H](O[Si](C)(C)C(C)(C)C)[C@@H]1C#C[C@@H](O[Si](C)(C)C(C)(C)C)C(C)CCCC. The summed E-state index contributed by atoms with van der Waals surface area (Å²) in [6, 6.07) is 0. The molecule has 32 heavy (non-hydrogen) atoms. The molecular formula is C27H50O3Si2. The normalized spacial score (nSPS) is 22.5. The van der Waals surface area contributed by atoms with Crippen LogP contribution in [0.2, 0.25) is 36.3 Å². The lowest BCUT2D eigenvalue weighted by atomic mass is 9.96. The van der Waals surface area contributed by atoms with Crippen LogP contribution in [0.25, 0.3) is 0 Å². The fraction of sp³-hybridized carbons (Fsp3) is 0.815. The van der Waals surface area contributed by atoms with Crippen molar-refractivity contribution in [2.24, 2.45) is 11.8 Å². The van der Waals surface area contributed by atoms with E-state index in [-0.39, 0.29) is 34.0 Å². The quantitative estimate of drug-likeness (QED) is 0.203. The molecule has 1 rings (SSSR count). The van der Waals surface area contributed by atoms with Crippen LogP contribution in [0.1, 0.15) is 81.1 Å². The molecule has 0 aromatic carbocycles. The Hall–Kier alpha value is -0.676. The van der Waals surface area contributed by atoms with Gasteiger partial charge in [-0.25, -0.2) is 0 Å². The van der Waals surface area contributed by atoms with Crippen molar-refractivity contribution in [1.82, 2.24) is 0 Å². The molecule has 1 aliphatic carbocycles. The number of rotatable bonds is 8. The predicted molar refractivity (Wildman–Crippen MR) is 143 cm³/mol. The summed E-state index contributed by atoms with van der Waals surface area (Å²) in [7, 11) is -3.99. The summed E-state index contributed by atoms with van der Waals surface area (Å²) in [6.45, 7) is 31.1. The van der Waals surface area contributed by atoms with Crippen LogP contribution in [0.4, 0.5) is 0 Å². The van der Waals surface area contributed by atoms with E-state index in [1.165, 1.54) is 12.8 Å². The van der Waals surface area contributed by atoms with Crippen LogP contribution in [0.15, 0.2) is 12.2 Å². The summed E-state index contributed by atoms with van der Waals surface area (Å²) < 4.78 is 13.4. The Morgan fingerprint density at radius 1 is 1.06 bits per heavy atom. The zero-order valence-corrected chi connectivity index (χ0v) is 25.1. The molecule has 0 saturated heterocycles. The lowest BCUT2D eigenvalue weighted by Crippen LogP contribution is -2.45. The van der Waals surface area contributed by atoms with Crippen molar-refractivity contribution >= 4 is 22.4 Å². The van der Waals surface area contributed by atoms with Crippen LogP contribution in [0.5, 0.6) is 0 Å². The second-order valence-corrected chi connectivity index (χ2v) is 22.3. The molecular weight excluding hydrogens is 428 g/mol. The standard InChI is InChI=1S/C27H50O3Si2/c1-14-15-16-20(2)24(29-31(10,11)26(4,5)6)18-17-22-21(3)23(28)19-25(22)30-32(12,13)27(7,8)9/h20,22,24-25H,3,14-16,19H2,1-2,4-13H3/t20?,22-,24-,25-/m1/s1. The Balaban J connectivity index is 3.24. The van der Waals surface area contributed by atoms with Gasteiger partial charge >= 0.3 is 0 Å². The molecule has 1 unspecified atom stereocenters. The summed E-state index contributed by atoms with van der Waals surface area (Å²) in [4.78, 5) is 12.6. The molecule has 0 aromatic rings. The van der Waals surface area contributed by atoms with Gasteiger partial charge in [-0.05, 0) is 48.6 Å². The van der Waals surface area contributed by atoms with Gasteiger partial charge in [-0.3, -0.25) is 4.79 Å². The number of hydrogen-bond donors (Lipinski definition) is 0. The van der Waals surface area contributed by atoms with Gasteiger partial charge in [-0.2, -0.15) is 0 Å². The Morgan fingerprint density at radius 2 is 1.59 bits per heavy atom. The number of unbranched alkanes of at least 4 members (excludes halogenated alkanes) is 1. The molecule has 0 radical (unpaired) electrons. The summed E-state index contributed by atoms with van der Waals surface area (Å²) in [5, 5.41) is 0.207. The number of Topliss-reactive ketones (excluding diaryl/α,β-unsaturated/α-hetero) is 1. The van der Waals surface area contributed by atoms with Crippen molar-refractivity contribution in [3.8, 4) is 11.8 Å². The highest BCUT2D eigenvalue weighted by atomic mass is 28.4. The summed E-state index contributed by atoms with van der Waals surface area (Å²) in [5.41, 5.74) is 0.605. The van der Waals surface area contributed by atoms with Crippen molar-refractivity contribution in [2.45, 2.75) is 130 Å². The maximum absolute atomic E-state index is 12.6. The van der Waals surface area contributed by atoms with E-state index in [9.17, 15) is 4.79 Å². The molecule has 1 fully saturated rings. The first-order valence-electron chi connectivity index (χ1n) is 12.4. The fourth-order valence-corrected chi connectivity index (χ4v) is 5.92. The maximum atomic E-state index is 12.6. The second kappa shape index (κ2) is 10.7. The predicted octanol–water partition coefficient (Wildman–Crippen LogP) is 7.74. The molecule has 0 spiro atoms. The molecule has 0 aromatic heterocycles. The van der Waals surface area contributed by atoms with Gasteiger partial charge in [-0.1, -0.05) is 86.7 Å². The molecule has 0 amide bonds. The Labute approximate surface area is 201 Å². The molecule has 184 valence electrons. The third-order valence-electron chi connectivity index (χ3n) is 7.88. The second-order valence-electron chi connectivity index (χ2n) is 12.8. The van der Waals surface area contributed by atoms with Crippen molar-refractivity contribution in [2.75, 3.05) is 0 Å². The average molecular weight is 479 g/mol. The van der Waals surface area contributed by atoms with Crippen LogP contribution < -0.4 is 0 Å². The number of hydrogen-bond acceptors (Lipinski definition) is 3. The van der Waals surface area contributed by atoms with Crippen LogP contribution in [-0.4, -0.2) is 34.6 Å². The zero-order chi connectivity index (χ0) is 25.1. The van der Waals surface area contributed by atoms with Gasteiger partial charge in [0.1, 0.15) is 6.10 Å². The summed E-state index contributed by atoms with van der Waals surface area (Å²) in [6.07, 6.45) is 3.51. The van der Waals surface area contributed by atoms with Crippen LogP contribution in [0.3, 0.4) is 0 Å². The van der Waals surface area contributed by atoms with E-state index >= 15 is 0 Å². The lowest BCUT2D eigenvalue weighted by Gasteiger charge is -2.40. The minimum absolute atomic E-state index is 0.0839. The van der Waals surface area contributed by atoms with E-state index in [4.69, 9.17) is 8.85 Å². The third-order valence-corrected chi connectivity index (χ3v) is 16.8. The van der Waals surface area contributed by atoms with Gasteiger partial charge in [-0.15, -0.1) is 0 Å². The van der Waals surface area contributed by atoms with Crippen LogP contribution >= 0.6 is 0 Å². The van der Waals surface area contributed by atoms with Crippen molar-refractivity contribution in [3.05, 3.63) is 12.2 Å². The molecule has 0 heterocycles. The van der Waals surface area contributed by atoms with Gasteiger partial charge in [0.15, 0.2) is 22.4 Å². The Morgan fingerprint density at radius 3 is 2.06 bits per heavy atom. The molecule has 0 aliphatic heterocycles. The zero-order valence-electron chi connectivity index (χ0n) is 23.1. The van der Waals surface area contributed by atoms with Crippen LogP contribution in [-0.2, 0) is 13.6 Å². The third kappa shape index (κ3) is 7.42. The van der Waals surface area contributed by atoms with E-state index < -0.39 is 16.6 Å². The highest BCUT2D eigenvalue weighted by Crippen LogP contribution is 2.41. The Kier molecular flexibility index (Phi) is 9.83. The monoisotopic (exact) mass is 478 g/mol. The van der Waals surface area contributed by atoms with Crippen LogP contribution in [0, 0.1) is 23.7 Å². The maximum Gasteiger partial charge on any atom is 0.193 e. The number of ketones is 1. The molecule has 1 aliphatic rings. The highest BCUT2D eigenvalue weighted by molar-refractivity contribution is 6.74. The number of carbonyl (C=O) groups is 1. The molecule has 4 atom stereocenters. The number of carbonyl (C=O) groups excluding carboxylic acids is 1. The molecule has 5 heteroatoms. The lowest BCUT2D eigenvalue weighted by molar-refractivity contribution is -0.115. The fourth-order valence-electron chi connectivity index (χ4n) is 3.31. The van der Waals surface area contributed by atoms with Crippen molar-refractivity contribution < 1.29 is 13.6 Å². The molecule has 0 bridgehead atoms. The average Bonchev–Trinajstić information content (AvgIpc) is 2.87. The van der Waals surface area contributed by atoms with Crippen molar-refractivity contribution in [1.29, 1.82) is 0 Å². The summed E-state index contributed by atoms with van der Waals surface area (Å²) in [5.74, 6) is 7.14. The van der Waals surface area contributed by atoms with Gasteiger partial charge in [0, 0.05) is 12.0 Å². The highest BCUT2D eigenvalue weighted by Gasteiger charge is 2.45. The van der Waals surface area contributed by atoms with E-state index in [0.29, 0.717) is 17.9 Å². The Bertz CT molecular complexity index is 729. The van der Waals surface area contributed by atoms with Gasteiger partial charge in [0.25, 0.3) is 0 Å². The molecule has 1 saturated carbocycles. The van der Waals surface area contributed by atoms with E-state index in [1.807, 2.05) is 0 Å². The minimum atomic E-state index is -2.02. The molecule has 3 nitrogen and oxygen atoms in total. The first-order chi connectivity index (χ1) is 14.3. The van der Waals surface area contributed by atoms with Gasteiger partial charge in [0.2, 0.25) is 0 Å². The van der Waals surface area contributed by atoms with E-state index in [0.717, 1.165) is 6.42 Å². The largest absolute Gasteiger partial charge is 0.412 e. The van der Waals surface area contributed by atoms with Gasteiger partial charge < -0.3 is 8.85 Å². The minimum Gasteiger partial charge on any atom is -0.412 e. The first kappa shape index (κ1) is 29.4. The summed E-state index contributed by atoms with van der Waals surface area (Å²) >= 11 is 0. The first-order valence-corrected chi connectivity index (χ1v) is 18.2. The topological polar surface area (TPSA) is 35.5 Å². The van der Waals surface area contributed by atoms with Gasteiger partial charge in [0.05, 0.1) is 12.0 Å². The van der Waals surface area contributed by atoms with E-state index in [2.05, 4.69) is 100.0 Å². The molecule has 0 N–H and O–H groups in total. The smallest absolute Gasteiger partial charge is 0.193 e. The van der Waals surface area contributed by atoms with Crippen molar-refractivity contribution in [3.63, 3.8) is 0 Å².